The van der Waals surface area contributed by atoms with Crippen molar-refractivity contribution in [2.45, 2.75) is 40.3 Å². The number of esters is 1. The van der Waals surface area contributed by atoms with Crippen LogP contribution in [0.3, 0.4) is 0 Å². The zero-order chi connectivity index (χ0) is 18.2. The van der Waals surface area contributed by atoms with Gasteiger partial charge in [0, 0.05) is 37.6 Å². The van der Waals surface area contributed by atoms with Crippen LogP contribution in [-0.4, -0.2) is 34.1 Å². The number of nitrogens with zero attached hydrogens (tertiary/aromatic N) is 2. The summed E-state index contributed by atoms with van der Waals surface area (Å²) < 4.78 is 5.02. The van der Waals surface area contributed by atoms with Gasteiger partial charge in [-0.15, -0.1) is 0 Å². The number of aryl methyl sites for hydroxylation is 2. The molecule has 0 saturated heterocycles. The molecule has 0 saturated carbocycles. The normalized spacial score (nSPS) is 10.9. The fourth-order valence-corrected chi connectivity index (χ4v) is 2.67. The fraction of sp³-hybridized carbons (Fsp3) is 0.400. The summed E-state index contributed by atoms with van der Waals surface area (Å²) in [5.41, 5.74) is 4.12. The van der Waals surface area contributed by atoms with E-state index in [1.165, 1.54) is 0 Å². The van der Waals surface area contributed by atoms with Crippen molar-refractivity contribution in [2.75, 3.05) is 13.2 Å². The number of carbonyl (C=O) groups is 1. The zero-order valence-corrected chi connectivity index (χ0v) is 15.2. The summed E-state index contributed by atoms with van der Waals surface area (Å²) in [6.07, 6.45) is 3.87. The van der Waals surface area contributed by atoms with Crippen molar-refractivity contribution in [3.8, 4) is 5.75 Å². The molecular weight excluding hydrogens is 316 g/mol. The van der Waals surface area contributed by atoms with Crippen molar-refractivity contribution >= 4 is 5.97 Å². The van der Waals surface area contributed by atoms with Crippen LogP contribution < -0.4 is 0 Å². The Balaban J connectivity index is 2.13. The van der Waals surface area contributed by atoms with Gasteiger partial charge in [0.1, 0.15) is 5.75 Å². The van der Waals surface area contributed by atoms with Gasteiger partial charge in [0.25, 0.3) is 0 Å². The van der Waals surface area contributed by atoms with Gasteiger partial charge in [0.05, 0.1) is 13.0 Å². The summed E-state index contributed by atoms with van der Waals surface area (Å²) in [4.78, 5) is 18.0. The third kappa shape index (κ3) is 5.87. The molecule has 0 aliphatic carbocycles. The van der Waals surface area contributed by atoms with Crippen LogP contribution in [0.2, 0.25) is 0 Å². The summed E-state index contributed by atoms with van der Waals surface area (Å²) >= 11 is 0. The van der Waals surface area contributed by atoms with Crippen molar-refractivity contribution in [2.24, 2.45) is 0 Å². The monoisotopic (exact) mass is 342 g/mol. The Bertz CT molecular complexity index is 702. The van der Waals surface area contributed by atoms with Crippen LogP contribution >= 0.6 is 0 Å². The lowest BCUT2D eigenvalue weighted by atomic mass is 10.0. The van der Waals surface area contributed by atoms with E-state index < -0.39 is 0 Å². The van der Waals surface area contributed by atoms with Crippen LogP contribution in [0.15, 0.2) is 36.7 Å². The molecule has 0 bridgehead atoms. The Morgan fingerprint density at radius 3 is 2.68 bits per heavy atom. The van der Waals surface area contributed by atoms with Crippen molar-refractivity contribution in [3.05, 3.63) is 58.9 Å². The largest absolute Gasteiger partial charge is 0.508 e. The van der Waals surface area contributed by atoms with Crippen LogP contribution in [0.25, 0.3) is 0 Å². The fourth-order valence-electron chi connectivity index (χ4n) is 2.67. The molecule has 0 aliphatic heterocycles. The van der Waals surface area contributed by atoms with Crippen LogP contribution in [-0.2, 0) is 22.6 Å². The van der Waals surface area contributed by atoms with Gasteiger partial charge >= 0.3 is 5.97 Å². The molecule has 0 fully saturated rings. The van der Waals surface area contributed by atoms with E-state index in [2.05, 4.69) is 9.88 Å². The van der Waals surface area contributed by atoms with E-state index in [0.29, 0.717) is 32.7 Å². The van der Waals surface area contributed by atoms with E-state index in [1.54, 1.807) is 19.2 Å². The molecule has 2 rings (SSSR count). The molecule has 0 radical (unpaired) electrons. The highest BCUT2D eigenvalue weighted by molar-refractivity contribution is 5.69. The summed E-state index contributed by atoms with van der Waals surface area (Å²) in [6, 6.07) is 7.69. The van der Waals surface area contributed by atoms with Gasteiger partial charge in [-0.1, -0.05) is 12.1 Å². The molecule has 1 aromatic heterocycles. The number of aromatic nitrogens is 1. The average Bonchev–Trinajstić information content (AvgIpc) is 2.58. The van der Waals surface area contributed by atoms with Crippen LogP contribution in [0.4, 0.5) is 0 Å². The average molecular weight is 342 g/mol. The third-order valence-electron chi connectivity index (χ3n) is 4.16. The number of phenolic OH excluding ortho intramolecular Hbond substituents is 1. The number of aromatic hydroxyl groups is 1. The maximum absolute atomic E-state index is 11.7. The quantitative estimate of drug-likeness (QED) is 0.745. The Hall–Kier alpha value is -2.40. The summed E-state index contributed by atoms with van der Waals surface area (Å²) in [5, 5.41) is 10.3. The first-order valence-electron chi connectivity index (χ1n) is 8.55. The third-order valence-corrected chi connectivity index (χ3v) is 4.16. The molecule has 0 unspecified atom stereocenters. The second-order valence-corrected chi connectivity index (χ2v) is 6.19. The van der Waals surface area contributed by atoms with Gasteiger partial charge in [0.2, 0.25) is 0 Å². The highest BCUT2D eigenvalue weighted by Gasteiger charge is 2.13. The van der Waals surface area contributed by atoms with Crippen molar-refractivity contribution in [1.29, 1.82) is 0 Å². The van der Waals surface area contributed by atoms with Crippen LogP contribution in [0.5, 0.6) is 5.75 Å². The molecule has 0 atom stereocenters. The number of rotatable bonds is 8. The van der Waals surface area contributed by atoms with Crippen molar-refractivity contribution in [3.63, 3.8) is 0 Å². The standard InChI is InChI=1S/C20H26N2O3/c1-4-25-20(24)7-9-22(13-17-6-5-8-21-12-17)14-18-10-15(2)16(3)11-19(18)23/h5-6,8,10-12,23H,4,7,9,13-14H2,1-3H3. The minimum Gasteiger partial charge on any atom is -0.508 e. The topological polar surface area (TPSA) is 62.7 Å². The maximum Gasteiger partial charge on any atom is 0.307 e. The lowest BCUT2D eigenvalue weighted by Gasteiger charge is -2.23. The minimum atomic E-state index is -0.206. The zero-order valence-electron chi connectivity index (χ0n) is 15.2. The van der Waals surface area contributed by atoms with E-state index in [-0.39, 0.29) is 11.7 Å². The molecule has 134 valence electrons. The Morgan fingerprint density at radius 2 is 2.00 bits per heavy atom. The minimum absolute atomic E-state index is 0.206. The number of hydrogen-bond donors (Lipinski definition) is 1. The number of pyridine rings is 1. The van der Waals surface area contributed by atoms with E-state index >= 15 is 0 Å². The van der Waals surface area contributed by atoms with Crippen LogP contribution in [0.1, 0.15) is 35.6 Å². The van der Waals surface area contributed by atoms with Gasteiger partial charge in [-0.25, -0.2) is 0 Å². The Kier molecular flexibility index (Phi) is 6.95. The highest BCUT2D eigenvalue weighted by Crippen LogP contribution is 2.24. The predicted octanol–water partition coefficient (Wildman–Crippen LogP) is 3.36. The van der Waals surface area contributed by atoms with Gasteiger partial charge in [-0.05, 0) is 49.6 Å². The second kappa shape index (κ2) is 9.18. The number of hydrogen-bond acceptors (Lipinski definition) is 5. The molecule has 0 spiro atoms. The molecule has 1 N–H and O–H groups in total. The second-order valence-electron chi connectivity index (χ2n) is 6.19. The smallest absolute Gasteiger partial charge is 0.307 e. The molecule has 2 aromatic rings. The Morgan fingerprint density at radius 1 is 1.24 bits per heavy atom. The molecular formula is C20H26N2O3. The van der Waals surface area contributed by atoms with Crippen LogP contribution in [0, 0.1) is 13.8 Å². The highest BCUT2D eigenvalue weighted by atomic mass is 16.5. The molecule has 0 amide bonds. The lowest BCUT2D eigenvalue weighted by Crippen LogP contribution is -2.26. The van der Waals surface area contributed by atoms with E-state index in [4.69, 9.17) is 4.74 Å². The maximum atomic E-state index is 11.7. The molecule has 5 heteroatoms. The predicted molar refractivity (Wildman–Crippen MR) is 97.2 cm³/mol. The van der Waals surface area contributed by atoms with Gasteiger partial charge in [-0.3, -0.25) is 14.7 Å². The number of ether oxygens (including phenoxy) is 1. The first-order valence-corrected chi connectivity index (χ1v) is 8.55. The number of carbonyl (C=O) groups excluding carboxylic acids is 1. The molecule has 25 heavy (non-hydrogen) atoms. The van der Waals surface area contributed by atoms with E-state index in [9.17, 15) is 9.90 Å². The first kappa shape index (κ1) is 18.9. The van der Waals surface area contributed by atoms with Gasteiger partial charge < -0.3 is 9.84 Å². The molecule has 5 nitrogen and oxygen atoms in total. The number of benzene rings is 1. The molecule has 1 aromatic carbocycles. The lowest BCUT2D eigenvalue weighted by molar-refractivity contribution is -0.143. The molecule has 1 heterocycles. The van der Waals surface area contributed by atoms with E-state index in [0.717, 1.165) is 22.3 Å². The van der Waals surface area contributed by atoms with Crippen molar-refractivity contribution in [1.82, 2.24) is 9.88 Å². The summed E-state index contributed by atoms with van der Waals surface area (Å²) in [7, 11) is 0. The van der Waals surface area contributed by atoms with E-state index in [1.807, 2.05) is 38.2 Å². The Labute approximate surface area is 149 Å². The molecule has 0 aliphatic rings. The van der Waals surface area contributed by atoms with Gasteiger partial charge in [-0.2, -0.15) is 0 Å². The number of phenols is 1. The first-order chi connectivity index (χ1) is 12.0. The van der Waals surface area contributed by atoms with Gasteiger partial charge in [0.15, 0.2) is 0 Å². The SMILES string of the molecule is CCOC(=O)CCN(Cc1cccnc1)Cc1cc(C)c(C)cc1O. The summed E-state index contributed by atoms with van der Waals surface area (Å²) in [5.74, 6) is 0.0819. The van der Waals surface area contributed by atoms with Crippen molar-refractivity contribution < 1.29 is 14.6 Å². The summed E-state index contributed by atoms with van der Waals surface area (Å²) in [6.45, 7) is 7.97.